The molecule has 4 heteroatoms. The molecule has 1 saturated carbocycles. The van der Waals surface area contributed by atoms with Crippen molar-refractivity contribution in [1.82, 2.24) is 4.98 Å². The summed E-state index contributed by atoms with van der Waals surface area (Å²) in [5.74, 6) is 2.76. The number of aromatic nitrogens is 1. The minimum Gasteiger partial charge on any atom is -0.497 e. The van der Waals surface area contributed by atoms with Gasteiger partial charge < -0.3 is 15.2 Å². The highest BCUT2D eigenvalue weighted by Crippen LogP contribution is 2.32. The molecule has 0 radical (unpaired) electrons. The second kappa shape index (κ2) is 6.31. The summed E-state index contributed by atoms with van der Waals surface area (Å²) in [5.41, 5.74) is 0. The topological polar surface area (TPSA) is 54.4 Å². The molecule has 0 amide bonds. The van der Waals surface area contributed by atoms with Crippen molar-refractivity contribution >= 4 is 16.6 Å². The molecule has 1 aliphatic rings. The number of benzene rings is 1. The molecule has 112 valence electrons. The Hall–Kier alpha value is -1.81. The first kappa shape index (κ1) is 14.1. The maximum absolute atomic E-state index is 9.41. The molecule has 0 aliphatic heterocycles. The van der Waals surface area contributed by atoms with Crippen LogP contribution in [0.4, 0.5) is 5.82 Å². The number of aliphatic hydroxyl groups is 1. The van der Waals surface area contributed by atoms with Crippen molar-refractivity contribution in [3.05, 3.63) is 30.5 Å². The molecule has 0 spiro atoms. The summed E-state index contributed by atoms with van der Waals surface area (Å²) < 4.78 is 5.26. The van der Waals surface area contributed by atoms with Gasteiger partial charge in [-0.1, -0.05) is 6.42 Å². The smallest absolute Gasteiger partial charge is 0.133 e. The zero-order valence-corrected chi connectivity index (χ0v) is 12.4. The van der Waals surface area contributed by atoms with E-state index in [2.05, 4.69) is 10.3 Å². The van der Waals surface area contributed by atoms with Crippen LogP contribution in [0.5, 0.6) is 5.75 Å². The predicted octanol–water partition coefficient (Wildman–Crippen LogP) is 3.06. The number of nitrogens with one attached hydrogen (secondary N) is 1. The zero-order chi connectivity index (χ0) is 14.7. The first-order valence-electron chi connectivity index (χ1n) is 7.59. The van der Waals surface area contributed by atoms with Crippen LogP contribution in [0.25, 0.3) is 10.8 Å². The number of nitrogens with zero attached hydrogens (tertiary/aromatic N) is 1. The van der Waals surface area contributed by atoms with E-state index in [9.17, 15) is 5.11 Å². The molecule has 21 heavy (non-hydrogen) atoms. The van der Waals surface area contributed by atoms with E-state index < -0.39 is 0 Å². The van der Waals surface area contributed by atoms with E-state index in [1.165, 1.54) is 12.8 Å². The van der Waals surface area contributed by atoms with Gasteiger partial charge in [0.05, 0.1) is 7.11 Å². The van der Waals surface area contributed by atoms with Crippen LogP contribution in [0.3, 0.4) is 0 Å². The highest BCUT2D eigenvalue weighted by molar-refractivity contribution is 5.92. The lowest BCUT2D eigenvalue weighted by Crippen LogP contribution is -2.21. The Morgan fingerprint density at radius 1 is 1.29 bits per heavy atom. The van der Waals surface area contributed by atoms with Gasteiger partial charge in [0.2, 0.25) is 0 Å². The number of aliphatic hydroxyl groups excluding tert-OH is 1. The van der Waals surface area contributed by atoms with Crippen LogP contribution in [0, 0.1) is 11.8 Å². The Bertz CT molecular complexity index is 615. The molecular formula is C17H22N2O2. The molecule has 1 aromatic heterocycles. The summed E-state index contributed by atoms with van der Waals surface area (Å²) in [5, 5.41) is 15.1. The van der Waals surface area contributed by atoms with Gasteiger partial charge in [0, 0.05) is 24.7 Å². The standard InChI is InChI=1S/C17H22N2O2/c1-21-15-5-6-16-12(9-15)7-8-18-17(16)19-10-13-3-2-4-14(13)11-20/h5-9,13-14,20H,2-4,10-11H2,1H3,(H,18,19). The molecular weight excluding hydrogens is 264 g/mol. The van der Waals surface area contributed by atoms with Crippen molar-refractivity contribution in [2.45, 2.75) is 19.3 Å². The van der Waals surface area contributed by atoms with E-state index in [-0.39, 0.29) is 0 Å². The lowest BCUT2D eigenvalue weighted by atomic mass is 9.97. The Kier molecular flexibility index (Phi) is 4.25. The van der Waals surface area contributed by atoms with E-state index in [1.807, 2.05) is 30.5 Å². The van der Waals surface area contributed by atoms with Gasteiger partial charge in [-0.15, -0.1) is 0 Å². The van der Waals surface area contributed by atoms with Crippen LogP contribution in [0.2, 0.25) is 0 Å². The second-order valence-corrected chi connectivity index (χ2v) is 5.76. The van der Waals surface area contributed by atoms with Gasteiger partial charge in [-0.2, -0.15) is 0 Å². The number of fused-ring (bicyclic) bond motifs is 1. The molecule has 2 unspecified atom stereocenters. The average molecular weight is 286 g/mol. The highest BCUT2D eigenvalue weighted by Gasteiger charge is 2.26. The number of ether oxygens (including phenoxy) is 1. The first-order valence-corrected chi connectivity index (χ1v) is 7.59. The Labute approximate surface area is 125 Å². The van der Waals surface area contributed by atoms with Crippen molar-refractivity contribution in [2.75, 3.05) is 25.6 Å². The van der Waals surface area contributed by atoms with E-state index in [1.54, 1.807) is 7.11 Å². The average Bonchev–Trinajstić information content (AvgIpc) is 2.99. The van der Waals surface area contributed by atoms with Gasteiger partial charge >= 0.3 is 0 Å². The molecule has 0 saturated heterocycles. The minimum absolute atomic E-state index is 0.298. The third kappa shape index (κ3) is 2.95. The summed E-state index contributed by atoms with van der Waals surface area (Å²) >= 11 is 0. The number of methoxy groups -OCH3 is 1. The van der Waals surface area contributed by atoms with Gasteiger partial charge in [0.25, 0.3) is 0 Å². The Morgan fingerprint density at radius 3 is 2.95 bits per heavy atom. The number of pyridine rings is 1. The molecule has 2 N–H and O–H groups in total. The van der Waals surface area contributed by atoms with Crippen molar-refractivity contribution < 1.29 is 9.84 Å². The van der Waals surface area contributed by atoms with Crippen molar-refractivity contribution in [3.8, 4) is 5.75 Å². The third-order valence-electron chi connectivity index (χ3n) is 4.55. The first-order chi connectivity index (χ1) is 10.3. The van der Waals surface area contributed by atoms with Crippen LogP contribution in [-0.4, -0.2) is 30.4 Å². The van der Waals surface area contributed by atoms with Crippen LogP contribution < -0.4 is 10.1 Å². The zero-order valence-electron chi connectivity index (χ0n) is 12.4. The van der Waals surface area contributed by atoms with Crippen molar-refractivity contribution in [3.63, 3.8) is 0 Å². The summed E-state index contributed by atoms with van der Waals surface area (Å²) in [6.45, 7) is 1.18. The van der Waals surface area contributed by atoms with Crippen LogP contribution in [0.15, 0.2) is 30.5 Å². The lowest BCUT2D eigenvalue weighted by Gasteiger charge is -2.18. The minimum atomic E-state index is 0.298. The Balaban J connectivity index is 1.77. The summed E-state index contributed by atoms with van der Waals surface area (Å²) in [6, 6.07) is 8.02. The lowest BCUT2D eigenvalue weighted by molar-refractivity contribution is 0.199. The number of hydrogen-bond donors (Lipinski definition) is 2. The quantitative estimate of drug-likeness (QED) is 0.887. The van der Waals surface area contributed by atoms with Gasteiger partial charge in [-0.3, -0.25) is 0 Å². The molecule has 0 bridgehead atoms. The number of hydrogen-bond acceptors (Lipinski definition) is 4. The summed E-state index contributed by atoms with van der Waals surface area (Å²) in [7, 11) is 1.68. The van der Waals surface area contributed by atoms with Crippen molar-refractivity contribution in [1.29, 1.82) is 0 Å². The third-order valence-corrected chi connectivity index (χ3v) is 4.55. The maximum atomic E-state index is 9.41. The highest BCUT2D eigenvalue weighted by atomic mass is 16.5. The largest absolute Gasteiger partial charge is 0.497 e. The van der Waals surface area contributed by atoms with Crippen LogP contribution >= 0.6 is 0 Å². The Morgan fingerprint density at radius 2 is 2.14 bits per heavy atom. The fourth-order valence-corrected chi connectivity index (χ4v) is 3.27. The van der Waals surface area contributed by atoms with E-state index >= 15 is 0 Å². The molecule has 1 aliphatic carbocycles. The SMILES string of the molecule is COc1ccc2c(NCC3CCCC3CO)nccc2c1. The van der Waals surface area contributed by atoms with Gasteiger partial charge in [0.15, 0.2) is 0 Å². The fourth-order valence-electron chi connectivity index (χ4n) is 3.27. The van der Waals surface area contributed by atoms with Gasteiger partial charge in [0.1, 0.15) is 11.6 Å². The number of anilines is 1. The molecule has 2 atom stereocenters. The normalized spacial score (nSPS) is 21.6. The van der Waals surface area contributed by atoms with Gasteiger partial charge in [-0.25, -0.2) is 4.98 Å². The summed E-state index contributed by atoms with van der Waals surface area (Å²) in [6.07, 6.45) is 5.37. The van der Waals surface area contributed by atoms with E-state index in [4.69, 9.17) is 4.74 Å². The van der Waals surface area contributed by atoms with Crippen molar-refractivity contribution in [2.24, 2.45) is 11.8 Å². The fraction of sp³-hybridized carbons (Fsp3) is 0.471. The maximum Gasteiger partial charge on any atom is 0.133 e. The molecule has 3 rings (SSSR count). The molecule has 1 aromatic carbocycles. The monoisotopic (exact) mass is 286 g/mol. The predicted molar refractivity (Wildman–Crippen MR) is 84.7 cm³/mol. The molecule has 1 fully saturated rings. The van der Waals surface area contributed by atoms with Gasteiger partial charge in [-0.05, 0) is 54.3 Å². The second-order valence-electron chi connectivity index (χ2n) is 5.76. The molecule has 2 aromatic rings. The van der Waals surface area contributed by atoms with E-state index in [0.717, 1.165) is 35.3 Å². The van der Waals surface area contributed by atoms with Crippen LogP contribution in [0.1, 0.15) is 19.3 Å². The van der Waals surface area contributed by atoms with E-state index in [0.29, 0.717) is 18.4 Å². The summed E-state index contributed by atoms with van der Waals surface area (Å²) in [4.78, 5) is 4.46. The molecule has 1 heterocycles. The van der Waals surface area contributed by atoms with Crippen LogP contribution in [-0.2, 0) is 0 Å². The number of rotatable bonds is 5. The molecule has 4 nitrogen and oxygen atoms in total.